The van der Waals surface area contributed by atoms with Crippen LogP contribution in [0.4, 0.5) is 4.39 Å². The van der Waals surface area contributed by atoms with E-state index in [1.807, 2.05) is 6.92 Å². The predicted octanol–water partition coefficient (Wildman–Crippen LogP) is 1.99. The van der Waals surface area contributed by atoms with Gasteiger partial charge in [-0.05, 0) is 30.5 Å². The Hall–Kier alpha value is -0.930. The maximum Gasteiger partial charge on any atom is 0.123 e. The lowest BCUT2D eigenvalue weighted by atomic mass is 10.0. The number of rotatable bonds is 4. The summed E-state index contributed by atoms with van der Waals surface area (Å²) in [6, 6.07) is 5.85. The summed E-state index contributed by atoms with van der Waals surface area (Å²) < 4.78 is 12.6. The average Bonchev–Trinajstić information content (AvgIpc) is 2.18. The molecule has 0 radical (unpaired) electrons. The Bertz CT molecular complexity index is 273. The first-order chi connectivity index (χ1) is 6.63. The second-order valence-corrected chi connectivity index (χ2v) is 3.47. The molecule has 2 atom stereocenters. The lowest BCUT2D eigenvalue weighted by Crippen LogP contribution is -2.21. The lowest BCUT2D eigenvalue weighted by molar-refractivity contribution is 0.157. The quantitative estimate of drug-likeness (QED) is 0.775. The van der Waals surface area contributed by atoms with E-state index in [0.717, 1.165) is 12.0 Å². The molecule has 14 heavy (non-hydrogen) atoms. The SMILES string of the molecule is CCC(N)CC(O)c1ccc(F)cc1. The monoisotopic (exact) mass is 197 g/mol. The highest BCUT2D eigenvalue weighted by Crippen LogP contribution is 2.18. The van der Waals surface area contributed by atoms with Crippen LogP contribution in [-0.2, 0) is 0 Å². The van der Waals surface area contributed by atoms with E-state index in [4.69, 9.17) is 5.73 Å². The molecular formula is C11H16FNO. The highest BCUT2D eigenvalue weighted by Gasteiger charge is 2.11. The predicted molar refractivity (Wildman–Crippen MR) is 54.2 cm³/mol. The molecular weight excluding hydrogens is 181 g/mol. The Morgan fingerprint density at radius 1 is 1.36 bits per heavy atom. The molecule has 78 valence electrons. The third-order valence-corrected chi connectivity index (χ3v) is 2.31. The molecule has 1 aromatic carbocycles. The van der Waals surface area contributed by atoms with E-state index in [9.17, 15) is 9.50 Å². The van der Waals surface area contributed by atoms with E-state index in [1.165, 1.54) is 12.1 Å². The maximum atomic E-state index is 12.6. The van der Waals surface area contributed by atoms with Crippen LogP contribution in [0.2, 0.25) is 0 Å². The second-order valence-electron chi connectivity index (χ2n) is 3.47. The molecule has 0 amide bonds. The Morgan fingerprint density at radius 3 is 2.43 bits per heavy atom. The number of hydrogen-bond acceptors (Lipinski definition) is 2. The van der Waals surface area contributed by atoms with Crippen molar-refractivity contribution >= 4 is 0 Å². The van der Waals surface area contributed by atoms with Gasteiger partial charge in [0.1, 0.15) is 5.82 Å². The molecule has 1 aromatic rings. The van der Waals surface area contributed by atoms with Gasteiger partial charge in [0.05, 0.1) is 6.10 Å². The fourth-order valence-corrected chi connectivity index (χ4v) is 1.27. The molecule has 0 heterocycles. The zero-order valence-electron chi connectivity index (χ0n) is 8.28. The summed E-state index contributed by atoms with van der Waals surface area (Å²) in [4.78, 5) is 0. The van der Waals surface area contributed by atoms with Gasteiger partial charge in [-0.3, -0.25) is 0 Å². The van der Waals surface area contributed by atoms with Crippen molar-refractivity contribution < 1.29 is 9.50 Å². The maximum absolute atomic E-state index is 12.6. The van der Waals surface area contributed by atoms with Crippen molar-refractivity contribution in [2.75, 3.05) is 0 Å². The van der Waals surface area contributed by atoms with E-state index in [-0.39, 0.29) is 11.9 Å². The fraction of sp³-hybridized carbons (Fsp3) is 0.455. The third-order valence-electron chi connectivity index (χ3n) is 2.31. The van der Waals surface area contributed by atoms with E-state index < -0.39 is 6.10 Å². The summed E-state index contributed by atoms with van der Waals surface area (Å²) in [6.45, 7) is 1.97. The van der Waals surface area contributed by atoms with Crippen molar-refractivity contribution in [1.29, 1.82) is 0 Å². The zero-order chi connectivity index (χ0) is 10.6. The average molecular weight is 197 g/mol. The Kier molecular flexibility index (Phi) is 4.04. The van der Waals surface area contributed by atoms with Gasteiger partial charge in [-0.25, -0.2) is 4.39 Å². The summed E-state index contributed by atoms with van der Waals surface area (Å²) in [5.74, 6) is -0.291. The van der Waals surface area contributed by atoms with Crippen LogP contribution in [0.15, 0.2) is 24.3 Å². The molecule has 0 aliphatic rings. The van der Waals surface area contributed by atoms with Crippen molar-refractivity contribution in [2.24, 2.45) is 5.73 Å². The normalized spacial score (nSPS) is 15.1. The molecule has 0 fully saturated rings. The molecule has 0 saturated heterocycles. The van der Waals surface area contributed by atoms with Gasteiger partial charge in [-0.1, -0.05) is 19.1 Å². The molecule has 3 heteroatoms. The number of hydrogen-bond donors (Lipinski definition) is 2. The zero-order valence-corrected chi connectivity index (χ0v) is 8.28. The van der Waals surface area contributed by atoms with Crippen molar-refractivity contribution in [3.63, 3.8) is 0 Å². The molecule has 2 nitrogen and oxygen atoms in total. The number of aliphatic hydroxyl groups excluding tert-OH is 1. The van der Waals surface area contributed by atoms with Gasteiger partial charge in [0.2, 0.25) is 0 Å². The minimum Gasteiger partial charge on any atom is -0.388 e. The van der Waals surface area contributed by atoms with Gasteiger partial charge < -0.3 is 10.8 Å². The molecule has 0 spiro atoms. The second kappa shape index (κ2) is 5.08. The van der Waals surface area contributed by atoms with Crippen LogP contribution in [0.3, 0.4) is 0 Å². The van der Waals surface area contributed by atoms with Gasteiger partial charge in [0.25, 0.3) is 0 Å². The number of benzene rings is 1. The molecule has 0 bridgehead atoms. The van der Waals surface area contributed by atoms with E-state index >= 15 is 0 Å². The summed E-state index contributed by atoms with van der Waals surface area (Å²) in [5, 5.41) is 9.71. The highest BCUT2D eigenvalue weighted by molar-refractivity contribution is 5.18. The standard InChI is InChI=1S/C11H16FNO/c1-2-10(13)7-11(14)8-3-5-9(12)6-4-8/h3-6,10-11,14H,2,7,13H2,1H3. The fourth-order valence-electron chi connectivity index (χ4n) is 1.27. The molecule has 0 aliphatic carbocycles. The number of nitrogens with two attached hydrogens (primary N) is 1. The largest absolute Gasteiger partial charge is 0.388 e. The first kappa shape index (κ1) is 11.1. The van der Waals surface area contributed by atoms with Gasteiger partial charge in [-0.2, -0.15) is 0 Å². The van der Waals surface area contributed by atoms with Gasteiger partial charge in [0.15, 0.2) is 0 Å². The first-order valence-corrected chi connectivity index (χ1v) is 4.82. The van der Waals surface area contributed by atoms with E-state index in [2.05, 4.69) is 0 Å². The van der Waals surface area contributed by atoms with Crippen LogP contribution < -0.4 is 5.73 Å². The number of aliphatic hydroxyl groups is 1. The molecule has 0 aromatic heterocycles. The topological polar surface area (TPSA) is 46.2 Å². The van der Waals surface area contributed by atoms with Crippen molar-refractivity contribution in [1.82, 2.24) is 0 Å². The van der Waals surface area contributed by atoms with E-state index in [0.29, 0.717) is 6.42 Å². The van der Waals surface area contributed by atoms with Crippen LogP contribution >= 0.6 is 0 Å². The summed E-state index contributed by atoms with van der Waals surface area (Å²) in [7, 11) is 0. The smallest absolute Gasteiger partial charge is 0.123 e. The van der Waals surface area contributed by atoms with Crippen LogP contribution in [0.25, 0.3) is 0 Å². The van der Waals surface area contributed by atoms with Gasteiger partial charge >= 0.3 is 0 Å². The molecule has 0 aliphatic heterocycles. The van der Waals surface area contributed by atoms with Crippen molar-refractivity contribution in [3.8, 4) is 0 Å². The number of halogens is 1. The first-order valence-electron chi connectivity index (χ1n) is 4.82. The molecule has 0 saturated carbocycles. The van der Waals surface area contributed by atoms with Crippen LogP contribution in [-0.4, -0.2) is 11.1 Å². The van der Waals surface area contributed by atoms with Gasteiger partial charge in [-0.15, -0.1) is 0 Å². The summed E-state index contributed by atoms with van der Waals surface area (Å²) >= 11 is 0. The third kappa shape index (κ3) is 3.09. The lowest BCUT2D eigenvalue weighted by Gasteiger charge is -2.15. The summed E-state index contributed by atoms with van der Waals surface area (Å²) in [5.41, 5.74) is 6.42. The highest BCUT2D eigenvalue weighted by atomic mass is 19.1. The Labute approximate surface area is 83.6 Å². The minimum atomic E-state index is -0.592. The molecule has 1 rings (SSSR count). The minimum absolute atomic E-state index is 0.00458. The molecule has 3 N–H and O–H groups in total. The van der Waals surface area contributed by atoms with Crippen molar-refractivity contribution in [2.45, 2.75) is 31.9 Å². The van der Waals surface area contributed by atoms with Crippen molar-refractivity contribution in [3.05, 3.63) is 35.6 Å². The Morgan fingerprint density at radius 2 is 1.93 bits per heavy atom. The molecule has 2 unspecified atom stereocenters. The van der Waals surface area contributed by atoms with E-state index in [1.54, 1.807) is 12.1 Å². The van der Waals surface area contributed by atoms with Crippen LogP contribution in [0.5, 0.6) is 0 Å². The van der Waals surface area contributed by atoms with Crippen LogP contribution in [0, 0.1) is 5.82 Å². The van der Waals surface area contributed by atoms with Gasteiger partial charge in [0, 0.05) is 6.04 Å². The van der Waals surface area contributed by atoms with Crippen LogP contribution in [0.1, 0.15) is 31.4 Å². The Balaban J connectivity index is 2.60. The summed E-state index contributed by atoms with van der Waals surface area (Å²) in [6.07, 6.45) is 0.756.